The van der Waals surface area contributed by atoms with Crippen molar-refractivity contribution in [3.05, 3.63) is 163 Å². The van der Waals surface area contributed by atoms with Crippen molar-refractivity contribution in [2.24, 2.45) is 0 Å². The molecule has 1 aliphatic carbocycles. The van der Waals surface area contributed by atoms with Crippen LogP contribution in [-0.2, 0) is 26.1 Å². The predicted octanol–water partition coefficient (Wildman–Crippen LogP) is 9.84. The van der Waals surface area contributed by atoms with Crippen molar-refractivity contribution in [2.75, 3.05) is 19.6 Å². The number of aryl methyl sites for hydroxylation is 1. The van der Waals surface area contributed by atoms with Crippen molar-refractivity contribution < 1.29 is 0 Å². The lowest BCUT2D eigenvalue weighted by molar-refractivity contribution is 0.175. The Balaban J connectivity index is 0.000000658. The summed E-state index contributed by atoms with van der Waals surface area (Å²) in [5.74, 6) is 2.25. The molecule has 0 radical (unpaired) electrons. The van der Waals surface area contributed by atoms with E-state index in [2.05, 4.69) is 165 Å². The normalized spacial score (nSPS) is 13.4. The van der Waals surface area contributed by atoms with Crippen LogP contribution in [0, 0.1) is 12.3 Å². The molecule has 1 unspecified atom stereocenters. The summed E-state index contributed by atoms with van der Waals surface area (Å²) >= 11 is 0. The Kier molecular flexibility index (Phi) is 25.4. The quantitative estimate of drug-likeness (QED) is 0.0577. The van der Waals surface area contributed by atoms with E-state index in [0.29, 0.717) is 6.04 Å². The standard InChI is InChI=1S/C30H38N4.C10H17N.C3H4.C2H4/c1-3-34(29-13-7-11-28-12-8-18-33-30(28)29)23-27-16-14-26(15-17-27)22-32-20-24(2)19-31-21-25-9-5-4-6-10-25;1-3-5-6-7-8-9-10-11-4-2;1-3-2;1-2/h4-6,8-10,12,14-19,29,31-32H,3,7,11,13,20-23H2,1-2H3;4-8,11H,2-3,9-10H2,1H3;1H,2H3;1-2H2/b24-19+;6-5-,8-7?;;. The number of aromatic nitrogens is 1. The van der Waals surface area contributed by atoms with Crippen LogP contribution in [0.4, 0.5) is 0 Å². The van der Waals surface area contributed by atoms with Gasteiger partial charge in [-0.05, 0) is 98.8 Å². The molecule has 1 aliphatic rings. The molecule has 0 aliphatic heterocycles. The summed E-state index contributed by atoms with van der Waals surface area (Å²) in [5, 5.41) is 9.99. The van der Waals surface area contributed by atoms with Gasteiger partial charge in [-0.1, -0.05) is 105 Å². The largest absolute Gasteiger partial charge is 0.391 e. The average Bonchev–Trinajstić information content (AvgIpc) is 3.16. The fraction of sp³-hybridized carbons (Fsp3) is 0.356. The van der Waals surface area contributed by atoms with Crippen LogP contribution in [0.3, 0.4) is 0 Å². The SMILES string of the molecule is C#CC.C=C.C=CNCCC=C/C=C\CC.CCN(Cc1ccc(CNC/C(C)=C/NCc2ccccc2)cc1)C1CCCc2cccnc21. The molecule has 50 heavy (non-hydrogen) atoms. The molecule has 1 aromatic heterocycles. The van der Waals surface area contributed by atoms with Crippen LogP contribution in [0.25, 0.3) is 0 Å². The van der Waals surface area contributed by atoms with Gasteiger partial charge in [0.2, 0.25) is 0 Å². The number of fused-ring (bicyclic) bond motifs is 1. The Morgan fingerprint density at radius 2 is 1.62 bits per heavy atom. The zero-order chi connectivity index (χ0) is 36.7. The van der Waals surface area contributed by atoms with E-state index in [1.165, 1.54) is 46.4 Å². The van der Waals surface area contributed by atoms with E-state index in [0.717, 1.165) is 58.5 Å². The van der Waals surface area contributed by atoms with E-state index in [4.69, 9.17) is 4.98 Å². The minimum Gasteiger partial charge on any atom is -0.391 e. The second-order valence-corrected chi connectivity index (χ2v) is 11.8. The zero-order valence-corrected chi connectivity index (χ0v) is 31.3. The molecule has 1 atom stereocenters. The number of hydrogen-bond donors (Lipinski definition) is 3. The topological polar surface area (TPSA) is 52.2 Å². The summed E-state index contributed by atoms with van der Waals surface area (Å²) in [7, 11) is 0. The molecule has 0 fully saturated rings. The maximum atomic E-state index is 4.75. The van der Waals surface area contributed by atoms with Crippen molar-refractivity contribution in [1.82, 2.24) is 25.8 Å². The Bertz CT molecular complexity index is 1420. The van der Waals surface area contributed by atoms with E-state index in [9.17, 15) is 0 Å². The lowest BCUT2D eigenvalue weighted by Crippen LogP contribution is -2.31. The smallest absolute Gasteiger partial charge is 0.0607 e. The molecule has 268 valence electrons. The van der Waals surface area contributed by atoms with Gasteiger partial charge in [0.05, 0.1) is 11.7 Å². The van der Waals surface area contributed by atoms with Gasteiger partial charge >= 0.3 is 0 Å². The summed E-state index contributed by atoms with van der Waals surface area (Å²) in [4.78, 5) is 7.33. The Morgan fingerprint density at radius 3 is 2.30 bits per heavy atom. The Morgan fingerprint density at radius 1 is 0.940 bits per heavy atom. The van der Waals surface area contributed by atoms with E-state index in [1.54, 1.807) is 13.1 Å². The molecule has 0 spiro atoms. The highest BCUT2D eigenvalue weighted by atomic mass is 15.2. The molecule has 1 heterocycles. The first kappa shape index (κ1) is 43.4. The molecule has 0 amide bonds. The number of allylic oxidation sites excluding steroid dienone is 3. The van der Waals surface area contributed by atoms with Crippen LogP contribution < -0.4 is 16.0 Å². The van der Waals surface area contributed by atoms with E-state index in [1.807, 2.05) is 12.3 Å². The number of pyridine rings is 1. The van der Waals surface area contributed by atoms with Crippen molar-refractivity contribution >= 4 is 0 Å². The summed E-state index contributed by atoms with van der Waals surface area (Å²) < 4.78 is 0. The molecule has 0 saturated heterocycles. The highest BCUT2D eigenvalue weighted by Gasteiger charge is 2.26. The number of rotatable bonds is 17. The van der Waals surface area contributed by atoms with Crippen LogP contribution in [0.15, 0.2) is 135 Å². The lowest BCUT2D eigenvalue weighted by Gasteiger charge is -2.34. The van der Waals surface area contributed by atoms with Gasteiger partial charge in [0, 0.05) is 38.9 Å². The minimum atomic E-state index is 0.432. The van der Waals surface area contributed by atoms with Crippen molar-refractivity contribution in [1.29, 1.82) is 0 Å². The second-order valence-electron chi connectivity index (χ2n) is 11.8. The predicted molar refractivity (Wildman–Crippen MR) is 218 cm³/mol. The van der Waals surface area contributed by atoms with Gasteiger partial charge < -0.3 is 16.0 Å². The lowest BCUT2D eigenvalue weighted by atomic mass is 9.90. The maximum absolute atomic E-state index is 4.75. The van der Waals surface area contributed by atoms with Gasteiger partial charge in [-0.3, -0.25) is 9.88 Å². The van der Waals surface area contributed by atoms with Crippen LogP contribution >= 0.6 is 0 Å². The van der Waals surface area contributed by atoms with Crippen LogP contribution in [-0.4, -0.2) is 29.5 Å². The van der Waals surface area contributed by atoms with Gasteiger partial charge in [0.25, 0.3) is 0 Å². The summed E-state index contributed by atoms with van der Waals surface area (Å²) in [6.07, 6.45) is 24.6. The second kappa shape index (κ2) is 29.3. The van der Waals surface area contributed by atoms with Crippen molar-refractivity contribution in [3.63, 3.8) is 0 Å². The monoisotopic (exact) mass is 674 g/mol. The molecule has 3 aromatic rings. The molecule has 2 aromatic carbocycles. The van der Waals surface area contributed by atoms with Gasteiger partial charge in [-0.2, -0.15) is 0 Å². The first-order valence-corrected chi connectivity index (χ1v) is 18.0. The molecule has 0 saturated carbocycles. The summed E-state index contributed by atoms with van der Waals surface area (Å²) in [6.45, 7) is 23.4. The highest BCUT2D eigenvalue weighted by molar-refractivity contribution is 5.27. The first-order chi connectivity index (χ1) is 24.6. The van der Waals surface area contributed by atoms with Crippen LogP contribution in [0.2, 0.25) is 0 Å². The number of benzene rings is 2. The number of hydrogen-bond acceptors (Lipinski definition) is 5. The number of terminal acetylenes is 1. The first-order valence-electron chi connectivity index (χ1n) is 18.0. The van der Waals surface area contributed by atoms with Crippen molar-refractivity contribution in [3.8, 4) is 12.3 Å². The molecule has 0 bridgehead atoms. The van der Waals surface area contributed by atoms with E-state index in [-0.39, 0.29) is 0 Å². The minimum absolute atomic E-state index is 0.432. The van der Waals surface area contributed by atoms with Gasteiger partial charge in [-0.15, -0.1) is 25.5 Å². The highest BCUT2D eigenvalue weighted by Crippen LogP contribution is 2.33. The summed E-state index contributed by atoms with van der Waals surface area (Å²) in [5.41, 5.74) is 8.01. The van der Waals surface area contributed by atoms with Gasteiger partial charge in [0.15, 0.2) is 0 Å². The van der Waals surface area contributed by atoms with Crippen LogP contribution in [0.5, 0.6) is 0 Å². The molecule has 5 nitrogen and oxygen atoms in total. The molecular formula is C45H63N5. The molecule has 3 N–H and O–H groups in total. The third kappa shape index (κ3) is 18.8. The molecular weight excluding hydrogens is 611 g/mol. The molecule has 5 heteroatoms. The van der Waals surface area contributed by atoms with Gasteiger partial charge in [0.1, 0.15) is 0 Å². The Hall–Kier alpha value is -4.63. The third-order valence-corrected chi connectivity index (χ3v) is 7.87. The zero-order valence-electron chi connectivity index (χ0n) is 31.3. The third-order valence-electron chi connectivity index (χ3n) is 7.87. The number of nitrogens with zero attached hydrogens (tertiary/aromatic N) is 2. The summed E-state index contributed by atoms with van der Waals surface area (Å²) in [6, 6.07) is 24.3. The fourth-order valence-electron chi connectivity index (χ4n) is 5.43. The van der Waals surface area contributed by atoms with Gasteiger partial charge in [-0.25, -0.2) is 0 Å². The number of nitrogens with one attached hydrogen (secondary N) is 3. The average molecular weight is 674 g/mol. The molecule has 4 rings (SSSR count). The Labute approximate surface area is 305 Å². The van der Waals surface area contributed by atoms with E-state index < -0.39 is 0 Å². The van der Waals surface area contributed by atoms with E-state index >= 15 is 0 Å². The maximum Gasteiger partial charge on any atom is 0.0607 e. The van der Waals surface area contributed by atoms with Crippen LogP contribution in [0.1, 0.15) is 87.4 Å². The van der Waals surface area contributed by atoms with Crippen molar-refractivity contribution in [2.45, 2.75) is 85.5 Å². The fourth-order valence-corrected chi connectivity index (χ4v) is 5.43.